The van der Waals surface area contributed by atoms with Gasteiger partial charge in [-0.05, 0) is 61.8 Å². The van der Waals surface area contributed by atoms with Gasteiger partial charge in [0.25, 0.3) is 0 Å². The molecular weight excluding hydrogens is 236 g/mol. The number of rotatable bonds is 2. The molecule has 100 valence electrons. The molecule has 1 aromatic rings. The molecule has 2 aliphatic heterocycles. The molecule has 19 heavy (non-hydrogen) atoms. The molecule has 1 N–H and O–H groups in total. The Balaban J connectivity index is 1.64. The number of carbonyl (C=O) groups excluding carboxylic acids is 1. The first-order valence-corrected chi connectivity index (χ1v) is 7.51. The molecule has 2 heterocycles. The summed E-state index contributed by atoms with van der Waals surface area (Å²) in [4.78, 5) is 14.6. The normalized spacial score (nSPS) is 25.7. The van der Waals surface area contributed by atoms with E-state index in [0.29, 0.717) is 0 Å². The van der Waals surface area contributed by atoms with Gasteiger partial charge in [0.05, 0.1) is 6.04 Å². The molecule has 1 saturated heterocycles. The number of fused-ring (bicyclic) bond motifs is 1. The molecule has 1 atom stereocenters. The third kappa shape index (κ3) is 1.88. The van der Waals surface area contributed by atoms with Gasteiger partial charge in [-0.3, -0.25) is 4.79 Å². The molecular formula is C16H20N2O. The van der Waals surface area contributed by atoms with Crippen LogP contribution >= 0.6 is 0 Å². The number of anilines is 1. The Morgan fingerprint density at radius 1 is 1.26 bits per heavy atom. The van der Waals surface area contributed by atoms with Crippen molar-refractivity contribution in [2.75, 3.05) is 18.0 Å². The topological polar surface area (TPSA) is 32.3 Å². The summed E-state index contributed by atoms with van der Waals surface area (Å²) in [5, 5.41) is 3.32. The minimum absolute atomic E-state index is 0.0514. The number of nitrogens with zero attached hydrogens (tertiary/aromatic N) is 1. The summed E-state index contributed by atoms with van der Waals surface area (Å²) < 4.78 is 0. The van der Waals surface area contributed by atoms with Crippen LogP contribution in [0, 0.1) is 0 Å². The maximum atomic E-state index is 12.6. The van der Waals surface area contributed by atoms with Gasteiger partial charge in [0.1, 0.15) is 0 Å². The molecule has 3 aliphatic rings. The van der Waals surface area contributed by atoms with E-state index in [2.05, 4.69) is 23.5 Å². The molecule has 0 aromatic heterocycles. The van der Waals surface area contributed by atoms with Gasteiger partial charge >= 0.3 is 0 Å². The Kier molecular flexibility index (Phi) is 2.62. The fourth-order valence-corrected chi connectivity index (χ4v) is 3.55. The highest BCUT2D eigenvalue weighted by Gasteiger charge is 2.35. The quantitative estimate of drug-likeness (QED) is 0.880. The van der Waals surface area contributed by atoms with Crippen LogP contribution in [0.5, 0.6) is 0 Å². The van der Waals surface area contributed by atoms with Gasteiger partial charge < -0.3 is 10.2 Å². The molecule has 0 radical (unpaired) electrons. The molecule has 3 nitrogen and oxygen atoms in total. The van der Waals surface area contributed by atoms with Gasteiger partial charge in [-0.2, -0.15) is 0 Å². The van der Waals surface area contributed by atoms with Crippen molar-refractivity contribution in [3.8, 4) is 0 Å². The number of nitrogens with one attached hydrogen (secondary N) is 1. The molecule has 0 spiro atoms. The first-order chi connectivity index (χ1) is 9.34. The second-order valence-corrected chi connectivity index (χ2v) is 6.01. The SMILES string of the molecule is O=C(C1CCCN1)N1CCc2c(C3CC3)cccc21. The van der Waals surface area contributed by atoms with Crippen molar-refractivity contribution in [1.29, 1.82) is 0 Å². The highest BCUT2D eigenvalue weighted by molar-refractivity contribution is 5.99. The van der Waals surface area contributed by atoms with Crippen LogP contribution in [0.15, 0.2) is 18.2 Å². The van der Waals surface area contributed by atoms with E-state index in [1.807, 2.05) is 4.90 Å². The van der Waals surface area contributed by atoms with Gasteiger partial charge in [-0.1, -0.05) is 12.1 Å². The molecule has 1 aliphatic carbocycles. The van der Waals surface area contributed by atoms with Crippen molar-refractivity contribution in [2.24, 2.45) is 0 Å². The first kappa shape index (κ1) is 11.5. The standard InChI is InChI=1S/C16H20N2O/c19-16(14-4-2-9-17-14)18-10-8-13-12(11-6-7-11)3-1-5-15(13)18/h1,3,5,11,14,17H,2,4,6-10H2. The average molecular weight is 256 g/mol. The molecule has 1 unspecified atom stereocenters. The van der Waals surface area contributed by atoms with E-state index in [9.17, 15) is 4.79 Å². The molecule has 4 rings (SSSR count). The second-order valence-electron chi connectivity index (χ2n) is 6.01. The van der Waals surface area contributed by atoms with Crippen molar-refractivity contribution in [3.05, 3.63) is 29.3 Å². The number of amides is 1. The number of benzene rings is 1. The Morgan fingerprint density at radius 2 is 2.16 bits per heavy atom. The van der Waals surface area contributed by atoms with Crippen LogP contribution in [0.1, 0.15) is 42.7 Å². The maximum Gasteiger partial charge on any atom is 0.244 e. The largest absolute Gasteiger partial charge is 0.310 e. The predicted molar refractivity (Wildman–Crippen MR) is 75.5 cm³/mol. The van der Waals surface area contributed by atoms with E-state index < -0.39 is 0 Å². The van der Waals surface area contributed by atoms with E-state index in [-0.39, 0.29) is 11.9 Å². The molecule has 1 aromatic carbocycles. The highest BCUT2D eigenvalue weighted by atomic mass is 16.2. The van der Waals surface area contributed by atoms with E-state index in [1.165, 1.54) is 29.7 Å². The zero-order valence-electron chi connectivity index (χ0n) is 11.2. The van der Waals surface area contributed by atoms with E-state index >= 15 is 0 Å². The van der Waals surface area contributed by atoms with Crippen LogP contribution in [0.2, 0.25) is 0 Å². The van der Waals surface area contributed by atoms with E-state index in [0.717, 1.165) is 38.3 Å². The summed E-state index contributed by atoms with van der Waals surface area (Å²) in [6.45, 7) is 1.86. The zero-order chi connectivity index (χ0) is 12.8. The fraction of sp³-hybridized carbons (Fsp3) is 0.562. The molecule has 1 saturated carbocycles. The third-order valence-corrected chi connectivity index (χ3v) is 4.71. The van der Waals surface area contributed by atoms with Gasteiger partial charge in [-0.25, -0.2) is 0 Å². The van der Waals surface area contributed by atoms with Crippen molar-refractivity contribution < 1.29 is 4.79 Å². The van der Waals surface area contributed by atoms with Gasteiger partial charge in [0, 0.05) is 12.2 Å². The van der Waals surface area contributed by atoms with Crippen molar-refractivity contribution in [2.45, 2.75) is 44.1 Å². The smallest absolute Gasteiger partial charge is 0.244 e. The van der Waals surface area contributed by atoms with Gasteiger partial charge in [0.15, 0.2) is 0 Å². The summed E-state index contributed by atoms with van der Waals surface area (Å²) in [5.41, 5.74) is 4.13. The Hall–Kier alpha value is -1.35. The monoisotopic (exact) mass is 256 g/mol. The molecule has 1 amide bonds. The Morgan fingerprint density at radius 3 is 2.89 bits per heavy atom. The van der Waals surface area contributed by atoms with Crippen molar-refractivity contribution in [1.82, 2.24) is 5.32 Å². The van der Waals surface area contributed by atoms with Crippen LogP contribution in [-0.2, 0) is 11.2 Å². The number of carbonyl (C=O) groups is 1. The molecule has 2 fully saturated rings. The minimum atomic E-state index is 0.0514. The molecule has 3 heteroatoms. The summed E-state index contributed by atoms with van der Waals surface area (Å²) in [7, 11) is 0. The van der Waals surface area contributed by atoms with Crippen LogP contribution in [-0.4, -0.2) is 25.0 Å². The van der Waals surface area contributed by atoms with Gasteiger partial charge in [0.2, 0.25) is 5.91 Å². The lowest BCUT2D eigenvalue weighted by Crippen LogP contribution is -2.42. The zero-order valence-corrected chi connectivity index (χ0v) is 11.2. The second kappa shape index (κ2) is 4.34. The van der Waals surface area contributed by atoms with E-state index in [4.69, 9.17) is 0 Å². The van der Waals surface area contributed by atoms with Crippen LogP contribution in [0.4, 0.5) is 5.69 Å². The van der Waals surface area contributed by atoms with E-state index in [1.54, 1.807) is 0 Å². The summed E-state index contributed by atoms with van der Waals surface area (Å²) in [6.07, 6.45) is 5.82. The summed E-state index contributed by atoms with van der Waals surface area (Å²) >= 11 is 0. The lowest BCUT2D eigenvalue weighted by Gasteiger charge is -2.21. The fourth-order valence-electron chi connectivity index (χ4n) is 3.55. The lowest BCUT2D eigenvalue weighted by molar-refractivity contribution is -0.120. The Bertz CT molecular complexity index is 515. The average Bonchev–Trinajstić information content (AvgIpc) is 2.98. The minimum Gasteiger partial charge on any atom is -0.310 e. The van der Waals surface area contributed by atoms with Gasteiger partial charge in [-0.15, -0.1) is 0 Å². The van der Waals surface area contributed by atoms with Crippen LogP contribution in [0.25, 0.3) is 0 Å². The third-order valence-electron chi connectivity index (χ3n) is 4.71. The first-order valence-electron chi connectivity index (χ1n) is 7.51. The van der Waals surface area contributed by atoms with Crippen molar-refractivity contribution >= 4 is 11.6 Å². The van der Waals surface area contributed by atoms with Crippen LogP contribution < -0.4 is 10.2 Å². The number of hydrogen-bond donors (Lipinski definition) is 1. The Labute approximate surface area is 114 Å². The number of hydrogen-bond acceptors (Lipinski definition) is 2. The lowest BCUT2D eigenvalue weighted by atomic mass is 10.0. The summed E-state index contributed by atoms with van der Waals surface area (Å²) in [6, 6.07) is 6.56. The van der Waals surface area contributed by atoms with Crippen molar-refractivity contribution in [3.63, 3.8) is 0 Å². The summed E-state index contributed by atoms with van der Waals surface area (Å²) in [5.74, 6) is 1.05. The maximum absolute atomic E-state index is 12.6. The van der Waals surface area contributed by atoms with Crippen LogP contribution in [0.3, 0.4) is 0 Å². The predicted octanol–water partition coefficient (Wildman–Crippen LogP) is 2.21. The molecule has 0 bridgehead atoms. The highest BCUT2D eigenvalue weighted by Crippen LogP contribution is 2.45.